The van der Waals surface area contributed by atoms with Gasteiger partial charge in [-0.25, -0.2) is 0 Å². The Morgan fingerprint density at radius 2 is 2.07 bits per heavy atom. The highest BCUT2D eigenvalue weighted by atomic mass is 16.1. The van der Waals surface area contributed by atoms with E-state index in [1.54, 1.807) is 31.8 Å². The first-order valence-electron chi connectivity index (χ1n) is 4.98. The molecule has 0 saturated carbocycles. The molecule has 0 aliphatic carbocycles. The van der Waals surface area contributed by atoms with E-state index >= 15 is 0 Å². The normalized spacial score (nSPS) is 10.7. The number of ketones is 2. The standard InChI is InChI=1S/C11H16N2O2/c1-7(2)9(14)5-10(15)11-8(3)6-13(4)12-11/h6-7H,5H2,1-4H3. The van der Waals surface area contributed by atoms with Gasteiger partial charge in [-0.3, -0.25) is 14.3 Å². The monoisotopic (exact) mass is 208 g/mol. The molecule has 1 aromatic heterocycles. The third kappa shape index (κ3) is 2.75. The zero-order valence-electron chi connectivity index (χ0n) is 9.57. The Balaban J connectivity index is 2.78. The largest absolute Gasteiger partial charge is 0.299 e. The minimum absolute atomic E-state index is 0.0370. The number of nitrogens with zero attached hydrogens (tertiary/aromatic N) is 2. The lowest BCUT2D eigenvalue weighted by molar-refractivity contribution is -0.121. The summed E-state index contributed by atoms with van der Waals surface area (Å²) in [6, 6.07) is 0. The fourth-order valence-electron chi connectivity index (χ4n) is 1.33. The lowest BCUT2D eigenvalue weighted by Gasteiger charge is -2.01. The molecule has 0 aliphatic rings. The van der Waals surface area contributed by atoms with Gasteiger partial charge in [0, 0.05) is 19.2 Å². The molecule has 0 spiro atoms. The first-order valence-corrected chi connectivity index (χ1v) is 4.98. The van der Waals surface area contributed by atoms with Gasteiger partial charge in [-0.2, -0.15) is 5.10 Å². The molecule has 0 saturated heterocycles. The van der Waals surface area contributed by atoms with E-state index in [0.717, 1.165) is 5.56 Å². The topological polar surface area (TPSA) is 52.0 Å². The van der Waals surface area contributed by atoms with Crippen LogP contribution in [0.5, 0.6) is 0 Å². The van der Waals surface area contributed by atoms with Gasteiger partial charge in [0.15, 0.2) is 5.78 Å². The predicted molar refractivity (Wildman–Crippen MR) is 56.7 cm³/mol. The Labute approximate surface area is 89.3 Å². The third-order valence-electron chi connectivity index (χ3n) is 2.25. The van der Waals surface area contributed by atoms with Crippen LogP contribution in [0.1, 0.15) is 36.3 Å². The van der Waals surface area contributed by atoms with E-state index in [1.165, 1.54) is 0 Å². The number of aryl methyl sites for hydroxylation is 2. The van der Waals surface area contributed by atoms with Crippen LogP contribution in [-0.2, 0) is 11.8 Å². The molecule has 0 unspecified atom stereocenters. The first kappa shape index (κ1) is 11.6. The van der Waals surface area contributed by atoms with Gasteiger partial charge >= 0.3 is 0 Å². The molecule has 82 valence electrons. The van der Waals surface area contributed by atoms with Crippen molar-refractivity contribution in [2.75, 3.05) is 0 Å². The van der Waals surface area contributed by atoms with Crippen molar-refractivity contribution in [1.29, 1.82) is 0 Å². The van der Waals surface area contributed by atoms with Gasteiger partial charge in [0.25, 0.3) is 0 Å². The lowest BCUT2D eigenvalue weighted by Crippen LogP contribution is -2.14. The number of rotatable bonds is 4. The molecular weight excluding hydrogens is 192 g/mol. The van der Waals surface area contributed by atoms with Crippen molar-refractivity contribution in [2.45, 2.75) is 27.2 Å². The first-order chi connectivity index (χ1) is 6.91. The van der Waals surface area contributed by atoms with Gasteiger partial charge in [0.05, 0.1) is 6.42 Å². The maximum atomic E-state index is 11.7. The Morgan fingerprint density at radius 3 is 2.47 bits per heavy atom. The van der Waals surface area contributed by atoms with E-state index in [1.807, 2.05) is 6.92 Å². The Morgan fingerprint density at radius 1 is 1.47 bits per heavy atom. The molecule has 0 amide bonds. The van der Waals surface area contributed by atoms with Crippen molar-refractivity contribution >= 4 is 11.6 Å². The molecule has 1 aromatic rings. The fourth-order valence-corrected chi connectivity index (χ4v) is 1.33. The highest BCUT2D eigenvalue weighted by Gasteiger charge is 2.18. The summed E-state index contributed by atoms with van der Waals surface area (Å²) in [5.74, 6) is -0.324. The maximum Gasteiger partial charge on any atom is 0.190 e. The molecule has 0 radical (unpaired) electrons. The minimum atomic E-state index is -0.188. The van der Waals surface area contributed by atoms with Crippen molar-refractivity contribution in [1.82, 2.24) is 9.78 Å². The summed E-state index contributed by atoms with van der Waals surface area (Å²) in [5, 5.41) is 4.04. The van der Waals surface area contributed by atoms with Crippen molar-refractivity contribution in [3.05, 3.63) is 17.5 Å². The second-order valence-electron chi connectivity index (χ2n) is 4.06. The third-order valence-corrected chi connectivity index (χ3v) is 2.25. The van der Waals surface area contributed by atoms with Crippen LogP contribution >= 0.6 is 0 Å². The fraction of sp³-hybridized carbons (Fsp3) is 0.545. The Kier molecular flexibility index (Phi) is 3.39. The summed E-state index contributed by atoms with van der Waals surface area (Å²) in [6.45, 7) is 5.40. The van der Waals surface area contributed by atoms with Gasteiger partial charge in [-0.15, -0.1) is 0 Å². The maximum absolute atomic E-state index is 11.7. The quantitative estimate of drug-likeness (QED) is 0.557. The molecule has 0 bridgehead atoms. The Bertz CT molecular complexity index is 391. The molecule has 4 heteroatoms. The van der Waals surface area contributed by atoms with Crippen LogP contribution < -0.4 is 0 Å². The molecule has 1 rings (SSSR count). The highest BCUT2D eigenvalue weighted by Crippen LogP contribution is 2.09. The van der Waals surface area contributed by atoms with Gasteiger partial charge in [-0.05, 0) is 12.5 Å². The summed E-state index contributed by atoms with van der Waals surface area (Å²) < 4.78 is 1.59. The number of Topliss-reactive ketones (excluding diaryl/α,β-unsaturated/α-hetero) is 2. The minimum Gasteiger partial charge on any atom is -0.299 e. The van der Waals surface area contributed by atoms with E-state index < -0.39 is 0 Å². The van der Waals surface area contributed by atoms with Crippen LogP contribution in [-0.4, -0.2) is 21.3 Å². The molecule has 15 heavy (non-hydrogen) atoms. The second-order valence-corrected chi connectivity index (χ2v) is 4.06. The van der Waals surface area contributed by atoms with Crippen molar-refractivity contribution in [3.63, 3.8) is 0 Å². The molecule has 0 fully saturated rings. The van der Waals surface area contributed by atoms with Gasteiger partial charge < -0.3 is 0 Å². The summed E-state index contributed by atoms with van der Waals surface area (Å²) in [4.78, 5) is 23.1. The highest BCUT2D eigenvalue weighted by molar-refractivity contribution is 6.08. The zero-order valence-corrected chi connectivity index (χ0v) is 9.57. The van der Waals surface area contributed by atoms with E-state index in [-0.39, 0.29) is 23.9 Å². The lowest BCUT2D eigenvalue weighted by atomic mass is 10.0. The molecule has 0 atom stereocenters. The molecule has 4 nitrogen and oxygen atoms in total. The van der Waals surface area contributed by atoms with Gasteiger partial charge in [-0.1, -0.05) is 13.8 Å². The van der Waals surface area contributed by atoms with E-state index in [2.05, 4.69) is 5.10 Å². The van der Waals surface area contributed by atoms with Crippen LogP contribution in [0.3, 0.4) is 0 Å². The molecule has 1 heterocycles. The number of hydrogen-bond donors (Lipinski definition) is 0. The Hall–Kier alpha value is -1.45. The molecule has 0 aromatic carbocycles. The number of aromatic nitrogens is 2. The van der Waals surface area contributed by atoms with Crippen LogP contribution in [0.2, 0.25) is 0 Å². The van der Waals surface area contributed by atoms with Crippen LogP contribution in [0.4, 0.5) is 0 Å². The summed E-state index contributed by atoms with van der Waals surface area (Å²) >= 11 is 0. The average molecular weight is 208 g/mol. The zero-order chi connectivity index (χ0) is 11.6. The van der Waals surface area contributed by atoms with Crippen LogP contribution in [0.15, 0.2) is 6.20 Å². The smallest absolute Gasteiger partial charge is 0.190 e. The summed E-state index contributed by atoms with van der Waals surface area (Å²) in [6.07, 6.45) is 1.72. The number of carbonyl (C=O) groups excluding carboxylic acids is 2. The summed E-state index contributed by atoms with van der Waals surface area (Å²) in [7, 11) is 1.76. The van der Waals surface area contributed by atoms with Crippen molar-refractivity contribution < 1.29 is 9.59 Å². The average Bonchev–Trinajstić information content (AvgIpc) is 2.44. The van der Waals surface area contributed by atoms with E-state index in [4.69, 9.17) is 0 Å². The summed E-state index contributed by atoms with van der Waals surface area (Å²) in [5.41, 5.74) is 1.23. The molecule has 0 aliphatic heterocycles. The molecular formula is C11H16N2O2. The van der Waals surface area contributed by atoms with E-state index in [9.17, 15) is 9.59 Å². The van der Waals surface area contributed by atoms with Crippen LogP contribution in [0.25, 0.3) is 0 Å². The number of carbonyl (C=O) groups is 2. The van der Waals surface area contributed by atoms with Gasteiger partial charge in [0.2, 0.25) is 0 Å². The number of hydrogen-bond acceptors (Lipinski definition) is 3. The molecule has 0 N–H and O–H groups in total. The predicted octanol–water partition coefficient (Wildman–Crippen LogP) is 1.53. The van der Waals surface area contributed by atoms with Crippen LogP contribution in [0, 0.1) is 12.8 Å². The SMILES string of the molecule is Cc1cn(C)nc1C(=O)CC(=O)C(C)C. The van der Waals surface area contributed by atoms with E-state index in [0.29, 0.717) is 5.69 Å². The van der Waals surface area contributed by atoms with Crippen molar-refractivity contribution in [2.24, 2.45) is 13.0 Å². The van der Waals surface area contributed by atoms with Gasteiger partial charge in [0.1, 0.15) is 11.5 Å². The second kappa shape index (κ2) is 4.38. The van der Waals surface area contributed by atoms with Crippen molar-refractivity contribution in [3.8, 4) is 0 Å².